The summed E-state index contributed by atoms with van der Waals surface area (Å²) in [5.41, 5.74) is 0.832. The highest BCUT2D eigenvalue weighted by Gasteiger charge is 2.21. The minimum Gasteiger partial charge on any atom is -0.351 e. The largest absolute Gasteiger partial charge is 0.351 e. The van der Waals surface area contributed by atoms with Gasteiger partial charge in [0.1, 0.15) is 0 Å². The van der Waals surface area contributed by atoms with Crippen molar-refractivity contribution in [2.24, 2.45) is 5.14 Å². The molecule has 1 aliphatic heterocycles. The molecule has 1 saturated heterocycles. The van der Waals surface area contributed by atoms with Gasteiger partial charge in [-0.25, -0.2) is 13.6 Å². The third kappa shape index (κ3) is 4.45. The Labute approximate surface area is 124 Å². The van der Waals surface area contributed by atoms with Crippen LogP contribution >= 0.6 is 12.4 Å². The summed E-state index contributed by atoms with van der Waals surface area (Å²) < 4.78 is 22.2. The zero-order chi connectivity index (χ0) is 13.9. The Kier molecular flexibility index (Phi) is 5.94. The summed E-state index contributed by atoms with van der Waals surface area (Å²) in [4.78, 5) is 11.8. The fourth-order valence-corrected chi connectivity index (χ4v) is 2.53. The third-order valence-electron chi connectivity index (χ3n) is 3.10. The molecule has 2 rings (SSSR count). The molecule has 0 aliphatic carbocycles. The normalized spacial score (nSPS) is 18.4. The molecule has 6 nitrogen and oxygen atoms in total. The average molecular weight is 320 g/mol. The van der Waals surface area contributed by atoms with Crippen LogP contribution in [-0.4, -0.2) is 26.9 Å². The summed E-state index contributed by atoms with van der Waals surface area (Å²) in [6, 6.07) is 6.04. The quantitative estimate of drug-likeness (QED) is 0.734. The van der Waals surface area contributed by atoms with Gasteiger partial charge in [-0.05, 0) is 37.1 Å². The van der Waals surface area contributed by atoms with Crippen molar-refractivity contribution in [3.63, 3.8) is 0 Å². The van der Waals surface area contributed by atoms with Crippen molar-refractivity contribution in [1.29, 1.82) is 0 Å². The van der Waals surface area contributed by atoms with Crippen LogP contribution in [0.5, 0.6) is 0 Å². The van der Waals surface area contributed by atoms with Crippen LogP contribution in [0.15, 0.2) is 29.2 Å². The molecule has 0 radical (unpaired) electrons. The Balaban J connectivity index is 0.00000200. The van der Waals surface area contributed by atoms with Crippen molar-refractivity contribution in [3.05, 3.63) is 29.8 Å². The molecule has 8 heteroatoms. The number of hydrogen-bond acceptors (Lipinski definition) is 4. The lowest BCUT2D eigenvalue weighted by Crippen LogP contribution is -2.39. The van der Waals surface area contributed by atoms with Gasteiger partial charge < -0.3 is 10.6 Å². The SMILES string of the molecule is Cl.NS(=O)(=O)c1ccc(CNC(=O)[C@@H]2CCCN2)cc1. The van der Waals surface area contributed by atoms with Gasteiger partial charge in [-0.1, -0.05) is 12.1 Å². The Morgan fingerprint density at radius 1 is 1.35 bits per heavy atom. The van der Waals surface area contributed by atoms with Crippen LogP contribution in [-0.2, 0) is 21.4 Å². The van der Waals surface area contributed by atoms with Gasteiger partial charge in [-0.3, -0.25) is 4.79 Å². The molecule has 112 valence electrons. The highest BCUT2D eigenvalue weighted by Crippen LogP contribution is 2.09. The van der Waals surface area contributed by atoms with Crippen LogP contribution in [0, 0.1) is 0 Å². The molecular formula is C12H18ClN3O3S. The number of carbonyl (C=O) groups is 1. The van der Waals surface area contributed by atoms with Crippen molar-refractivity contribution in [2.45, 2.75) is 30.3 Å². The molecule has 1 heterocycles. The molecule has 0 unspecified atom stereocenters. The summed E-state index contributed by atoms with van der Waals surface area (Å²) in [7, 11) is -3.66. The van der Waals surface area contributed by atoms with Crippen molar-refractivity contribution < 1.29 is 13.2 Å². The minimum absolute atomic E-state index is 0. The maximum absolute atomic E-state index is 11.8. The maximum atomic E-state index is 11.8. The maximum Gasteiger partial charge on any atom is 0.238 e. The molecule has 1 amide bonds. The zero-order valence-corrected chi connectivity index (χ0v) is 12.5. The first-order valence-corrected chi connectivity index (χ1v) is 7.64. The van der Waals surface area contributed by atoms with E-state index in [1.54, 1.807) is 12.1 Å². The predicted octanol–water partition coefficient (Wildman–Crippen LogP) is 0.124. The third-order valence-corrected chi connectivity index (χ3v) is 4.02. The number of sulfonamides is 1. The molecule has 0 spiro atoms. The van der Waals surface area contributed by atoms with Crippen LogP contribution in [0.3, 0.4) is 0 Å². The number of nitrogens with two attached hydrogens (primary N) is 1. The zero-order valence-electron chi connectivity index (χ0n) is 10.8. The van der Waals surface area contributed by atoms with Crippen molar-refractivity contribution in [2.75, 3.05) is 6.54 Å². The first-order chi connectivity index (χ1) is 8.97. The molecule has 1 aromatic carbocycles. The van der Waals surface area contributed by atoms with E-state index in [1.807, 2.05) is 0 Å². The Morgan fingerprint density at radius 2 is 2.00 bits per heavy atom. The fraction of sp³-hybridized carbons (Fsp3) is 0.417. The van der Waals surface area contributed by atoms with Crippen molar-refractivity contribution in [3.8, 4) is 0 Å². The Bertz CT molecular complexity index is 554. The molecule has 1 aliphatic rings. The van der Waals surface area contributed by atoms with Gasteiger partial charge in [0.15, 0.2) is 0 Å². The van der Waals surface area contributed by atoms with Crippen LogP contribution < -0.4 is 15.8 Å². The highest BCUT2D eigenvalue weighted by molar-refractivity contribution is 7.89. The second kappa shape index (κ2) is 7.03. The van der Waals surface area contributed by atoms with Gasteiger partial charge in [-0.2, -0.15) is 0 Å². The Hall–Kier alpha value is -1.15. The van der Waals surface area contributed by atoms with E-state index in [4.69, 9.17) is 5.14 Å². The summed E-state index contributed by atoms with van der Waals surface area (Å²) >= 11 is 0. The van der Waals surface area contributed by atoms with E-state index in [1.165, 1.54) is 12.1 Å². The average Bonchev–Trinajstić information content (AvgIpc) is 2.89. The van der Waals surface area contributed by atoms with E-state index in [0.29, 0.717) is 6.54 Å². The molecular weight excluding hydrogens is 302 g/mol. The van der Waals surface area contributed by atoms with Crippen LogP contribution in [0.25, 0.3) is 0 Å². The predicted molar refractivity (Wildman–Crippen MR) is 77.9 cm³/mol. The van der Waals surface area contributed by atoms with Gasteiger partial charge >= 0.3 is 0 Å². The summed E-state index contributed by atoms with van der Waals surface area (Å²) in [6.45, 7) is 1.25. The molecule has 0 aromatic heterocycles. The minimum atomic E-state index is -3.66. The number of primary sulfonamides is 1. The summed E-state index contributed by atoms with van der Waals surface area (Å²) in [5.74, 6) is -0.0203. The van der Waals surface area contributed by atoms with Gasteiger partial charge in [0, 0.05) is 6.54 Å². The molecule has 0 bridgehead atoms. The molecule has 0 saturated carbocycles. The van der Waals surface area contributed by atoms with E-state index in [0.717, 1.165) is 24.9 Å². The molecule has 4 N–H and O–H groups in total. The van der Waals surface area contributed by atoms with E-state index >= 15 is 0 Å². The van der Waals surface area contributed by atoms with E-state index in [2.05, 4.69) is 10.6 Å². The molecule has 20 heavy (non-hydrogen) atoms. The van der Waals surface area contributed by atoms with Crippen molar-refractivity contribution in [1.82, 2.24) is 10.6 Å². The van der Waals surface area contributed by atoms with E-state index in [-0.39, 0.29) is 29.3 Å². The second-order valence-electron chi connectivity index (χ2n) is 4.56. The topological polar surface area (TPSA) is 101 Å². The number of hydrogen-bond donors (Lipinski definition) is 3. The fourth-order valence-electron chi connectivity index (χ4n) is 2.02. The monoisotopic (exact) mass is 319 g/mol. The second-order valence-corrected chi connectivity index (χ2v) is 6.12. The van der Waals surface area contributed by atoms with Crippen LogP contribution in [0.2, 0.25) is 0 Å². The first kappa shape index (κ1) is 16.9. The molecule has 1 aromatic rings. The first-order valence-electron chi connectivity index (χ1n) is 6.09. The number of carbonyl (C=O) groups excluding carboxylic acids is 1. The van der Waals surface area contributed by atoms with E-state index < -0.39 is 10.0 Å². The van der Waals surface area contributed by atoms with Gasteiger partial charge in [0.05, 0.1) is 10.9 Å². The molecule has 1 atom stereocenters. The standard InChI is InChI=1S/C12H17N3O3S.ClH/c13-19(17,18)10-5-3-9(4-6-10)8-15-12(16)11-2-1-7-14-11;/h3-6,11,14H,1-2,7-8H2,(H,15,16)(H2,13,17,18);1H/t11-;/m0./s1. The van der Waals surface area contributed by atoms with Gasteiger partial charge in [0.25, 0.3) is 0 Å². The lowest BCUT2D eigenvalue weighted by atomic mass is 10.2. The van der Waals surface area contributed by atoms with Gasteiger partial charge in [-0.15, -0.1) is 12.4 Å². The number of benzene rings is 1. The number of nitrogens with one attached hydrogen (secondary N) is 2. The van der Waals surface area contributed by atoms with Crippen molar-refractivity contribution >= 4 is 28.3 Å². The lowest BCUT2D eigenvalue weighted by Gasteiger charge is -2.11. The summed E-state index contributed by atoms with van der Waals surface area (Å²) in [5, 5.41) is 10.9. The smallest absolute Gasteiger partial charge is 0.238 e. The van der Waals surface area contributed by atoms with Crippen LogP contribution in [0.1, 0.15) is 18.4 Å². The van der Waals surface area contributed by atoms with E-state index in [9.17, 15) is 13.2 Å². The Morgan fingerprint density at radius 3 is 2.50 bits per heavy atom. The highest BCUT2D eigenvalue weighted by atomic mass is 35.5. The molecule has 1 fully saturated rings. The summed E-state index contributed by atoms with van der Waals surface area (Å²) in [6.07, 6.45) is 1.87. The lowest BCUT2D eigenvalue weighted by molar-refractivity contribution is -0.122. The van der Waals surface area contributed by atoms with Gasteiger partial charge in [0.2, 0.25) is 15.9 Å². The van der Waals surface area contributed by atoms with Crippen LogP contribution in [0.4, 0.5) is 0 Å². The number of amides is 1. The number of halogens is 1. The number of rotatable bonds is 4.